The van der Waals surface area contributed by atoms with E-state index in [1.54, 1.807) is 0 Å². The number of thioether (sulfide) groups is 1. The van der Waals surface area contributed by atoms with Gasteiger partial charge in [-0.1, -0.05) is 49.2 Å². The maximum atomic E-state index is 12.1. The quantitative estimate of drug-likeness (QED) is 0.746. The van der Waals surface area contributed by atoms with E-state index in [1.165, 1.54) is 31.0 Å². The van der Waals surface area contributed by atoms with Gasteiger partial charge in [0.25, 0.3) is 5.22 Å². The van der Waals surface area contributed by atoms with Gasteiger partial charge in [0.2, 0.25) is 5.89 Å². The summed E-state index contributed by atoms with van der Waals surface area (Å²) in [6.07, 6.45) is 6.14. The molecule has 0 saturated heterocycles. The van der Waals surface area contributed by atoms with Crippen LogP contribution in [-0.4, -0.2) is 25.9 Å². The third-order valence-corrected chi connectivity index (χ3v) is 6.33. The SMILES string of the molecule is O=[S@@](CCSc1nnc(C2CCCCC2)o1)c1ccccc1. The molecule has 1 heterocycles. The fourth-order valence-corrected chi connectivity index (χ4v) is 4.74. The van der Waals surface area contributed by atoms with Crippen molar-refractivity contribution < 1.29 is 8.63 Å². The Bertz CT molecular complexity index is 610. The van der Waals surface area contributed by atoms with Gasteiger partial charge in [-0.15, -0.1) is 10.2 Å². The minimum atomic E-state index is -0.965. The first kappa shape index (κ1) is 15.7. The smallest absolute Gasteiger partial charge is 0.276 e. The Morgan fingerprint density at radius 1 is 1.14 bits per heavy atom. The van der Waals surface area contributed by atoms with Crippen LogP contribution in [0.4, 0.5) is 0 Å². The van der Waals surface area contributed by atoms with E-state index in [-0.39, 0.29) is 0 Å². The van der Waals surface area contributed by atoms with Crippen LogP contribution in [-0.2, 0) is 10.8 Å². The van der Waals surface area contributed by atoms with Gasteiger partial charge in [-0.05, 0) is 25.0 Å². The van der Waals surface area contributed by atoms with Gasteiger partial charge in [-0.3, -0.25) is 4.21 Å². The molecule has 1 saturated carbocycles. The van der Waals surface area contributed by atoms with E-state index in [2.05, 4.69) is 10.2 Å². The van der Waals surface area contributed by atoms with Crippen LogP contribution in [0, 0.1) is 0 Å². The van der Waals surface area contributed by atoms with Gasteiger partial charge < -0.3 is 4.42 Å². The molecular weight excluding hydrogens is 316 g/mol. The Hall–Kier alpha value is -1.14. The standard InChI is InChI=1S/C16H20N2O2S2/c19-22(14-9-5-2-6-10-14)12-11-21-16-18-17-15(20-16)13-7-3-1-4-8-13/h2,5-6,9-10,13H,1,3-4,7-8,11-12H2/t22-/m0/s1. The lowest BCUT2D eigenvalue weighted by molar-refractivity contribution is 0.334. The first-order valence-corrected chi connectivity index (χ1v) is 10.0. The largest absolute Gasteiger partial charge is 0.416 e. The van der Waals surface area contributed by atoms with Crippen LogP contribution in [0.2, 0.25) is 0 Å². The summed E-state index contributed by atoms with van der Waals surface area (Å²) < 4.78 is 17.9. The molecule has 4 nitrogen and oxygen atoms in total. The maximum absolute atomic E-state index is 12.1. The highest BCUT2D eigenvalue weighted by Crippen LogP contribution is 2.32. The Kier molecular flexibility index (Phi) is 5.67. The van der Waals surface area contributed by atoms with Crippen LogP contribution in [0.1, 0.15) is 43.9 Å². The minimum Gasteiger partial charge on any atom is -0.416 e. The third kappa shape index (κ3) is 4.20. The number of benzene rings is 1. The monoisotopic (exact) mass is 336 g/mol. The molecule has 3 rings (SSSR count). The molecule has 2 aromatic rings. The van der Waals surface area contributed by atoms with Crippen molar-refractivity contribution in [3.8, 4) is 0 Å². The van der Waals surface area contributed by atoms with Gasteiger partial charge in [0.15, 0.2) is 0 Å². The second kappa shape index (κ2) is 7.92. The molecule has 0 unspecified atom stereocenters. The maximum Gasteiger partial charge on any atom is 0.276 e. The number of aromatic nitrogens is 2. The van der Waals surface area contributed by atoms with Gasteiger partial charge in [-0.25, -0.2) is 0 Å². The molecule has 1 aromatic carbocycles. The molecule has 1 atom stereocenters. The Balaban J connectivity index is 1.48. The average molecular weight is 336 g/mol. The van der Waals surface area contributed by atoms with E-state index in [1.807, 2.05) is 30.3 Å². The van der Waals surface area contributed by atoms with E-state index >= 15 is 0 Å². The molecule has 1 aliphatic carbocycles. The van der Waals surface area contributed by atoms with Crippen LogP contribution in [0.25, 0.3) is 0 Å². The predicted octanol–water partition coefficient (Wildman–Crippen LogP) is 4.02. The van der Waals surface area contributed by atoms with Crippen LogP contribution >= 0.6 is 11.8 Å². The lowest BCUT2D eigenvalue weighted by atomic mass is 9.89. The fraction of sp³-hybridized carbons (Fsp3) is 0.500. The summed E-state index contributed by atoms with van der Waals surface area (Å²) in [5.41, 5.74) is 0. The van der Waals surface area contributed by atoms with E-state index < -0.39 is 10.8 Å². The molecule has 6 heteroatoms. The Labute approximate surface area is 137 Å². The molecular formula is C16H20N2O2S2. The van der Waals surface area contributed by atoms with Crippen LogP contribution < -0.4 is 0 Å². The molecule has 0 N–H and O–H groups in total. The molecule has 0 spiro atoms. The summed E-state index contributed by atoms with van der Waals surface area (Å²) in [5.74, 6) is 2.53. The summed E-state index contributed by atoms with van der Waals surface area (Å²) >= 11 is 1.49. The minimum absolute atomic E-state index is 0.439. The van der Waals surface area contributed by atoms with E-state index in [4.69, 9.17) is 4.42 Å². The number of hydrogen-bond acceptors (Lipinski definition) is 5. The molecule has 0 bridgehead atoms. The van der Waals surface area contributed by atoms with E-state index in [0.717, 1.165) is 23.6 Å². The highest BCUT2D eigenvalue weighted by molar-refractivity contribution is 8.00. The lowest BCUT2D eigenvalue weighted by Crippen LogP contribution is -2.04. The van der Waals surface area contributed by atoms with E-state index in [0.29, 0.717) is 22.6 Å². The molecule has 22 heavy (non-hydrogen) atoms. The van der Waals surface area contributed by atoms with Gasteiger partial charge >= 0.3 is 0 Å². The average Bonchev–Trinajstić information content (AvgIpc) is 3.05. The topological polar surface area (TPSA) is 56.0 Å². The summed E-state index contributed by atoms with van der Waals surface area (Å²) in [7, 11) is -0.965. The van der Waals surface area contributed by atoms with Crippen molar-refractivity contribution in [2.75, 3.05) is 11.5 Å². The van der Waals surface area contributed by atoms with Crippen molar-refractivity contribution in [1.29, 1.82) is 0 Å². The fourth-order valence-electron chi connectivity index (χ4n) is 2.69. The molecule has 118 valence electrons. The van der Waals surface area contributed by atoms with Crippen molar-refractivity contribution in [3.63, 3.8) is 0 Å². The summed E-state index contributed by atoms with van der Waals surface area (Å²) in [4.78, 5) is 0.872. The van der Waals surface area contributed by atoms with Crippen molar-refractivity contribution >= 4 is 22.6 Å². The second-order valence-electron chi connectivity index (χ2n) is 5.45. The zero-order valence-corrected chi connectivity index (χ0v) is 14.1. The van der Waals surface area contributed by atoms with Crippen molar-refractivity contribution in [3.05, 3.63) is 36.2 Å². The third-order valence-electron chi connectivity index (χ3n) is 3.88. The zero-order chi connectivity index (χ0) is 15.2. The molecule has 0 amide bonds. The highest BCUT2D eigenvalue weighted by atomic mass is 32.2. The Morgan fingerprint density at radius 2 is 1.91 bits per heavy atom. The predicted molar refractivity (Wildman–Crippen MR) is 88.6 cm³/mol. The Morgan fingerprint density at radius 3 is 2.68 bits per heavy atom. The first-order valence-electron chi connectivity index (χ1n) is 7.72. The highest BCUT2D eigenvalue weighted by Gasteiger charge is 2.21. The number of nitrogens with zero attached hydrogens (tertiary/aromatic N) is 2. The first-order chi connectivity index (χ1) is 10.8. The van der Waals surface area contributed by atoms with Gasteiger partial charge in [-0.2, -0.15) is 0 Å². The van der Waals surface area contributed by atoms with Gasteiger partial charge in [0, 0.05) is 22.3 Å². The van der Waals surface area contributed by atoms with E-state index in [9.17, 15) is 4.21 Å². The molecule has 1 fully saturated rings. The summed E-state index contributed by atoms with van der Waals surface area (Å²) in [6.45, 7) is 0. The zero-order valence-electron chi connectivity index (χ0n) is 12.4. The van der Waals surface area contributed by atoms with Crippen molar-refractivity contribution in [1.82, 2.24) is 10.2 Å². The van der Waals surface area contributed by atoms with Gasteiger partial charge in [0.1, 0.15) is 0 Å². The second-order valence-corrected chi connectivity index (χ2v) is 8.07. The number of rotatable bonds is 6. The number of hydrogen-bond donors (Lipinski definition) is 0. The molecule has 0 radical (unpaired) electrons. The van der Waals surface area contributed by atoms with Crippen LogP contribution in [0.3, 0.4) is 0 Å². The van der Waals surface area contributed by atoms with Crippen molar-refractivity contribution in [2.45, 2.75) is 48.1 Å². The van der Waals surface area contributed by atoms with Crippen LogP contribution in [0.5, 0.6) is 0 Å². The molecule has 0 aliphatic heterocycles. The summed E-state index contributed by atoms with van der Waals surface area (Å²) in [5, 5.41) is 8.89. The lowest BCUT2D eigenvalue weighted by Gasteiger charge is -2.17. The summed E-state index contributed by atoms with van der Waals surface area (Å²) in [6, 6.07) is 9.55. The normalized spacial score (nSPS) is 17.5. The molecule has 1 aromatic heterocycles. The molecule has 1 aliphatic rings. The van der Waals surface area contributed by atoms with Crippen LogP contribution in [0.15, 0.2) is 44.9 Å². The van der Waals surface area contributed by atoms with Gasteiger partial charge in [0.05, 0.1) is 10.8 Å². The van der Waals surface area contributed by atoms with Crippen molar-refractivity contribution in [2.24, 2.45) is 0 Å².